The van der Waals surface area contributed by atoms with Gasteiger partial charge in [0.15, 0.2) is 4.80 Å². The Balaban J connectivity index is 1.54. The van der Waals surface area contributed by atoms with E-state index in [-0.39, 0.29) is 22.9 Å². The van der Waals surface area contributed by atoms with Crippen LogP contribution in [0.2, 0.25) is 0 Å². The molecule has 0 fully saturated rings. The lowest BCUT2D eigenvalue weighted by atomic mass is 9.84. The molecule has 1 atom stereocenters. The number of allylic oxidation sites excluding steroid dienone is 2. The van der Waals surface area contributed by atoms with Crippen molar-refractivity contribution in [2.75, 3.05) is 0 Å². The molecule has 39 heavy (non-hydrogen) atoms. The number of fused-ring (bicyclic) bond motifs is 1. The van der Waals surface area contributed by atoms with Gasteiger partial charge in [-0.3, -0.25) is 19.5 Å². The summed E-state index contributed by atoms with van der Waals surface area (Å²) >= 11 is 1.24. The molecule has 0 amide bonds. The summed E-state index contributed by atoms with van der Waals surface area (Å²) in [7, 11) is 0. The second kappa shape index (κ2) is 9.99. The van der Waals surface area contributed by atoms with Gasteiger partial charge in [-0.2, -0.15) is 0 Å². The molecular formula is C30H21F2N3O3S. The average Bonchev–Trinajstić information content (AvgIpc) is 3.24. The highest BCUT2D eigenvalue weighted by Crippen LogP contribution is 2.41. The molecule has 6 rings (SSSR count). The number of thiazole rings is 1. The van der Waals surface area contributed by atoms with Gasteiger partial charge in [-0.15, -0.1) is 0 Å². The number of halogens is 2. The molecule has 1 aromatic heterocycles. The fourth-order valence-corrected chi connectivity index (χ4v) is 6.11. The molecule has 3 aromatic carbocycles. The molecule has 0 saturated heterocycles. The predicted octanol–water partition coefficient (Wildman–Crippen LogP) is 5.67. The molecule has 2 aliphatic rings. The Morgan fingerprint density at radius 1 is 0.897 bits per heavy atom. The van der Waals surface area contributed by atoms with Gasteiger partial charge in [0, 0.05) is 12.1 Å². The van der Waals surface area contributed by atoms with Crippen LogP contribution in [0.1, 0.15) is 42.0 Å². The molecule has 0 spiro atoms. The van der Waals surface area contributed by atoms with Gasteiger partial charge in [0.2, 0.25) is 0 Å². The van der Waals surface area contributed by atoms with Gasteiger partial charge in [0.05, 0.1) is 21.2 Å². The zero-order chi connectivity index (χ0) is 27.1. The lowest BCUT2D eigenvalue weighted by Crippen LogP contribution is -2.39. The minimum Gasteiger partial charge on any atom is -0.272 e. The number of nitrogens with zero attached hydrogens (tertiary/aromatic N) is 3. The van der Waals surface area contributed by atoms with E-state index in [0.29, 0.717) is 14.9 Å². The van der Waals surface area contributed by atoms with Crippen molar-refractivity contribution in [2.45, 2.75) is 25.3 Å². The fraction of sp³-hybridized carbons (Fsp3) is 0.133. The number of aromatic nitrogens is 1. The summed E-state index contributed by atoms with van der Waals surface area (Å²) in [6.07, 6.45) is 6.07. The van der Waals surface area contributed by atoms with Gasteiger partial charge in [-0.05, 0) is 95.6 Å². The Labute approximate surface area is 225 Å². The quantitative estimate of drug-likeness (QED) is 0.247. The van der Waals surface area contributed by atoms with Crippen molar-refractivity contribution in [2.24, 2.45) is 4.99 Å². The highest BCUT2D eigenvalue weighted by molar-refractivity contribution is 7.07. The molecule has 4 aromatic rings. The van der Waals surface area contributed by atoms with Crippen molar-refractivity contribution in [1.82, 2.24) is 4.57 Å². The highest BCUT2D eigenvalue weighted by atomic mass is 32.1. The van der Waals surface area contributed by atoms with Gasteiger partial charge in [0.1, 0.15) is 11.6 Å². The van der Waals surface area contributed by atoms with Gasteiger partial charge in [-0.1, -0.05) is 35.6 Å². The Hall–Kier alpha value is -4.50. The van der Waals surface area contributed by atoms with E-state index in [9.17, 15) is 23.7 Å². The summed E-state index contributed by atoms with van der Waals surface area (Å²) in [5.41, 5.74) is 4.83. The van der Waals surface area contributed by atoms with E-state index in [0.717, 1.165) is 47.2 Å². The van der Waals surface area contributed by atoms with E-state index in [2.05, 4.69) is 0 Å². The van der Waals surface area contributed by atoms with Gasteiger partial charge in [-0.25, -0.2) is 13.8 Å². The first kappa shape index (κ1) is 24.8. The summed E-state index contributed by atoms with van der Waals surface area (Å²) in [5, 5.41) is 11.0. The summed E-state index contributed by atoms with van der Waals surface area (Å²) < 4.78 is 29.4. The third-order valence-corrected chi connectivity index (χ3v) is 7.91. The van der Waals surface area contributed by atoms with Crippen molar-refractivity contribution < 1.29 is 13.7 Å². The third-order valence-electron chi connectivity index (χ3n) is 6.93. The normalized spacial score (nSPS) is 18.1. The van der Waals surface area contributed by atoms with E-state index < -0.39 is 11.0 Å². The monoisotopic (exact) mass is 541 g/mol. The third kappa shape index (κ3) is 4.77. The second-order valence-electron chi connectivity index (χ2n) is 9.43. The van der Waals surface area contributed by atoms with Crippen molar-refractivity contribution in [1.29, 1.82) is 0 Å². The molecule has 1 unspecified atom stereocenters. The van der Waals surface area contributed by atoms with E-state index in [1.54, 1.807) is 47.0 Å². The average molecular weight is 542 g/mol. The number of benzene rings is 3. The van der Waals surface area contributed by atoms with E-state index in [4.69, 9.17) is 4.99 Å². The topological polar surface area (TPSA) is 77.5 Å². The van der Waals surface area contributed by atoms with Crippen LogP contribution < -0.4 is 14.9 Å². The van der Waals surface area contributed by atoms with Crippen LogP contribution in [0.3, 0.4) is 0 Å². The molecule has 0 radical (unpaired) electrons. The molecule has 0 N–H and O–H groups in total. The zero-order valence-corrected chi connectivity index (χ0v) is 21.3. The van der Waals surface area contributed by atoms with Crippen LogP contribution in [-0.4, -0.2) is 9.49 Å². The van der Waals surface area contributed by atoms with Crippen LogP contribution >= 0.6 is 11.3 Å². The van der Waals surface area contributed by atoms with Crippen LogP contribution in [-0.2, 0) is 0 Å². The minimum absolute atomic E-state index is 0.0296. The van der Waals surface area contributed by atoms with Crippen LogP contribution in [0.25, 0.3) is 12.2 Å². The summed E-state index contributed by atoms with van der Waals surface area (Å²) in [4.78, 5) is 29.8. The Bertz CT molecular complexity index is 1840. The Morgan fingerprint density at radius 2 is 1.51 bits per heavy atom. The first-order valence-electron chi connectivity index (χ1n) is 12.4. The van der Waals surface area contributed by atoms with Gasteiger partial charge < -0.3 is 0 Å². The first-order valence-corrected chi connectivity index (χ1v) is 13.2. The van der Waals surface area contributed by atoms with Crippen molar-refractivity contribution >= 4 is 29.2 Å². The van der Waals surface area contributed by atoms with Crippen molar-refractivity contribution in [3.8, 4) is 0 Å². The zero-order valence-electron chi connectivity index (χ0n) is 20.5. The number of rotatable bonds is 4. The van der Waals surface area contributed by atoms with Crippen LogP contribution in [0.4, 0.5) is 14.5 Å². The lowest BCUT2D eigenvalue weighted by molar-refractivity contribution is -0.384. The Morgan fingerprint density at radius 3 is 2.18 bits per heavy atom. The van der Waals surface area contributed by atoms with E-state index in [1.165, 1.54) is 47.7 Å². The smallest absolute Gasteiger partial charge is 0.271 e. The van der Waals surface area contributed by atoms with E-state index >= 15 is 0 Å². The molecule has 6 nitrogen and oxygen atoms in total. The molecule has 0 saturated carbocycles. The summed E-state index contributed by atoms with van der Waals surface area (Å²) in [5.74, 6) is -0.669. The minimum atomic E-state index is -0.470. The maximum Gasteiger partial charge on any atom is 0.271 e. The molecule has 1 aliphatic heterocycles. The molecular weight excluding hydrogens is 520 g/mol. The van der Waals surface area contributed by atoms with Crippen LogP contribution in [0.5, 0.6) is 0 Å². The second-order valence-corrected chi connectivity index (χ2v) is 10.4. The fourth-order valence-electron chi connectivity index (χ4n) is 5.11. The number of non-ortho nitro benzene ring substituents is 1. The number of hydrogen-bond acceptors (Lipinski definition) is 5. The molecule has 9 heteroatoms. The Kier molecular flexibility index (Phi) is 6.36. The van der Waals surface area contributed by atoms with E-state index in [1.807, 2.05) is 6.08 Å². The molecule has 0 bridgehead atoms. The summed E-state index contributed by atoms with van der Waals surface area (Å²) in [6, 6.07) is 18.0. The van der Waals surface area contributed by atoms with Crippen molar-refractivity contribution in [3.05, 3.63) is 148 Å². The van der Waals surface area contributed by atoms with Crippen LogP contribution in [0, 0.1) is 21.7 Å². The standard InChI is InChI=1S/C30H21F2N3O3S/c31-22-10-4-18(5-11-22)16-21-2-1-3-25-27(21)33-30-34(28(25)20-8-12-23(32)13-9-20)29(36)26(39-30)17-19-6-14-24(15-7-19)35(37)38/h4-17,28H,1-3H2/b21-16+,26-17-. The molecule has 194 valence electrons. The van der Waals surface area contributed by atoms with Gasteiger partial charge in [0.25, 0.3) is 11.2 Å². The number of nitro benzene ring substituents is 1. The molecule has 1 aliphatic carbocycles. The SMILES string of the molecule is O=c1/c(=C/c2ccc([N+](=O)[O-])cc2)sc2n1C(c1ccc(F)cc1)C1=C(N=2)/C(=C/c2ccc(F)cc2)CCC1. The maximum absolute atomic E-state index is 13.8. The lowest BCUT2D eigenvalue weighted by Gasteiger charge is -2.31. The van der Waals surface area contributed by atoms with Crippen molar-refractivity contribution in [3.63, 3.8) is 0 Å². The molecule has 2 heterocycles. The van der Waals surface area contributed by atoms with Crippen LogP contribution in [0.15, 0.2) is 99.4 Å². The van der Waals surface area contributed by atoms with Gasteiger partial charge >= 0.3 is 0 Å². The largest absolute Gasteiger partial charge is 0.272 e. The highest BCUT2D eigenvalue weighted by Gasteiger charge is 2.32. The number of nitro groups is 1. The predicted molar refractivity (Wildman–Crippen MR) is 146 cm³/mol. The number of hydrogen-bond donors (Lipinski definition) is 0. The maximum atomic E-state index is 13.8. The summed E-state index contributed by atoms with van der Waals surface area (Å²) in [6.45, 7) is 0. The first-order chi connectivity index (χ1) is 18.9.